The maximum absolute atomic E-state index is 11.7. The van der Waals surface area contributed by atoms with Crippen LogP contribution in [0.1, 0.15) is 28.7 Å². The van der Waals surface area contributed by atoms with Gasteiger partial charge in [0.2, 0.25) is 5.75 Å². The SMILES string of the molecule is CCn1cc(-c2ccc(Cl)cc2Cl)nc1/C=C/c1ccc(-c2ccc(Oc3ccc(C(=O)OC)cc3[N+](=O)[O-])cc2)cc1. The second-order valence-electron chi connectivity index (χ2n) is 9.41. The number of carbonyl (C=O) groups is 1. The lowest BCUT2D eigenvalue weighted by Crippen LogP contribution is -2.03. The van der Waals surface area contributed by atoms with Crippen molar-refractivity contribution in [2.45, 2.75) is 13.5 Å². The maximum atomic E-state index is 11.7. The van der Waals surface area contributed by atoms with Gasteiger partial charge in [0.1, 0.15) is 11.6 Å². The minimum atomic E-state index is -0.665. The number of imidazole rings is 1. The lowest BCUT2D eigenvalue weighted by Gasteiger charge is -2.09. The summed E-state index contributed by atoms with van der Waals surface area (Å²) in [7, 11) is 1.21. The summed E-state index contributed by atoms with van der Waals surface area (Å²) in [6.07, 6.45) is 5.94. The Morgan fingerprint density at radius 3 is 2.28 bits per heavy atom. The van der Waals surface area contributed by atoms with Gasteiger partial charge >= 0.3 is 11.7 Å². The number of nitrogens with zero attached hydrogens (tertiary/aromatic N) is 3. The van der Waals surface area contributed by atoms with E-state index in [1.807, 2.05) is 60.8 Å². The van der Waals surface area contributed by atoms with Crippen molar-refractivity contribution in [1.29, 1.82) is 0 Å². The largest absolute Gasteiger partial charge is 0.465 e. The highest BCUT2D eigenvalue weighted by Crippen LogP contribution is 2.34. The zero-order valence-corrected chi connectivity index (χ0v) is 24.7. The Labute approximate surface area is 257 Å². The molecule has 0 aliphatic heterocycles. The number of aryl methyl sites for hydroxylation is 1. The number of nitro benzene ring substituents is 1. The summed E-state index contributed by atoms with van der Waals surface area (Å²) in [6.45, 7) is 2.81. The fraction of sp³-hybridized carbons (Fsp3) is 0.0909. The third-order valence-corrected chi connectivity index (χ3v) is 7.23. The zero-order chi connectivity index (χ0) is 30.5. The van der Waals surface area contributed by atoms with E-state index in [4.69, 9.17) is 32.9 Å². The van der Waals surface area contributed by atoms with Crippen LogP contribution in [0.3, 0.4) is 0 Å². The molecule has 0 fully saturated rings. The number of methoxy groups -OCH3 is 1. The molecule has 216 valence electrons. The van der Waals surface area contributed by atoms with Crippen molar-refractivity contribution in [1.82, 2.24) is 9.55 Å². The number of ether oxygens (including phenoxy) is 2. The monoisotopic (exact) mass is 613 g/mol. The molecule has 0 unspecified atom stereocenters. The van der Waals surface area contributed by atoms with Crippen LogP contribution in [0.5, 0.6) is 11.5 Å². The highest BCUT2D eigenvalue weighted by Gasteiger charge is 2.20. The van der Waals surface area contributed by atoms with E-state index < -0.39 is 10.9 Å². The Hall–Kier alpha value is -4.92. The third-order valence-electron chi connectivity index (χ3n) is 6.68. The predicted octanol–water partition coefficient (Wildman–Crippen LogP) is 9.20. The first-order valence-electron chi connectivity index (χ1n) is 13.2. The van der Waals surface area contributed by atoms with Crippen molar-refractivity contribution >= 4 is 47.0 Å². The number of benzene rings is 4. The first-order valence-corrected chi connectivity index (χ1v) is 14.0. The van der Waals surface area contributed by atoms with Gasteiger partial charge in [-0.05, 0) is 72.2 Å². The minimum absolute atomic E-state index is 0.0219. The molecular weight excluding hydrogens is 589 g/mol. The summed E-state index contributed by atoms with van der Waals surface area (Å²) in [6, 6.07) is 24.6. The molecule has 1 heterocycles. The Balaban J connectivity index is 1.29. The summed E-state index contributed by atoms with van der Waals surface area (Å²) in [5, 5.41) is 12.7. The van der Waals surface area contributed by atoms with Crippen LogP contribution in [0.2, 0.25) is 10.0 Å². The topological polar surface area (TPSA) is 96.5 Å². The summed E-state index contributed by atoms with van der Waals surface area (Å²) >= 11 is 12.4. The number of halogens is 2. The molecule has 0 atom stereocenters. The van der Waals surface area contributed by atoms with Gasteiger partial charge < -0.3 is 14.0 Å². The summed E-state index contributed by atoms with van der Waals surface area (Å²) < 4.78 is 12.5. The van der Waals surface area contributed by atoms with Crippen LogP contribution in [0, 0.1) is 10.1 Å². The van der Waals surface area contributed by atoms with Gasteiger partial charge in [0.15, 0.2) is 0 Å². The Kier molecular flexibility index (Phi) is 8.90. The van der Waals surface area contributed by atoms with Crippen LogP contribution in [-0.4, -0.2) is 27.6 Å². The lowest BCUT2D eigenvalue weighted by atomic mass is 10.0. The Morgan fingerprint density at radius 1 is 0.953 bits per heavy atom. The van der Waals surface area contributed by atoms with Crippen molar-refractivity contribution < 1.29 is 19.2 Å². The number of nitro groups is 1. The smallest absolute Gasteiger partial charge is 0.338 e. The molecule has 0 aliphatic carbocycles. The molecule has 0 amide bonds. The Bertz CT molecular complexity index is 1830. The van der Waals surface area contributed by atoms with Crippen LogP contribution in [-0.2, 0) is 11.3 Å². The van der Waals surface area contributed by atoms with E-state index in [2.05, 4.69) is 16.2 Å². The first kappa shape index (κ1) is 29.6. The molecule has 4 aromatic carbocycles. The summed E-state index contributed by atoms with van der Waals surface area (Å²) in [5.74, 6) is 0.585. The molecule has 0 N–H and O–H groups in total. The molecule has 0 bridgehead atoms. The molecule has 5 aromatic rings. The zero-order valence-electron chi connectivity index (χ0n) is 23.2. The van der Waals surface area contributed by atoms with Crippen molar-refractivity contribution in [2.75, 3.05) is 7.11 Å². The molecule has 43 heavy (non-hydrogen) atoms. The van der Waals surface area contributed by atoms with Gasteiger partial charge in [-0.2, -0.15) is 0 Å². The Morgan fingerprint density at radius 2 is 1.65 bits per heavy atom. The van der Waals surface area contributed by atoms with Crippen molar-refractivity contribution in [3.63, 3.8) is 0 Å². The number of hydrogen-bond acceptors (Lipinski definition) is 6. The number of aromatic nitrogens is 2. The van der Waals surface area contributed by atoms with Crippen LogP contribution in [0.4, 0.5) is 5.69 Å². The van der Waals surface area contributed by atoms with Gasteiger partial charge in [-0.15, -0.1) is 0 Å². The van der Waals surface area contributed by atoms with Gasteiger partial charge in [-0.1, -0.05) is 65.7 Å². The maximum Gasteiger partial charge on any atom is 0.338 e. The number of rotatable bonds is 9. The van der Waals surface area contributed by atoms with Crippen molar-refractivity contribution in [3.05, 3.63) is 128 Å². The molecule has 10 heteroatoms. The van der Waals surface area contributed by atoms with Crippen LogP contribution in [0.25, 0.3) is 34.5 Å². The van der Waals surface area contributed by atoms with E-state index >= 15 is 0 Å². The van der Waals surface area contributed by atoms with E-state index in [1.54, 1.807) is 24.3 Å². The molecule has 0 radical (unpaired) electrons. The van der Waals surface area contributed by atoms with Crippen LogP contribution in [0.15, 0.2) is 91.1 Å². The summed E-state index contributed by atoms with van der Waals surface area (Å²) in [5.41, 5.74) is 4.28. The van der Waals surface area contributed by atoms with E-state index in [0.717, 1.165) is 46.4 Å². The van der Waals surface area contributed by atoms with Crippen LogP contribution < -0.4 is 4.74 Å². The van der Waals surface area contributed by atoms with E-state index in [-0.39, 0.29) is 17.0 Å². The fourth-order valence-corrected chi connectivity index (χ4v) is 4.94. The number of esters is 1. The predicted molar refractivity (Wildman–Crippen MR) is 169 cm³/mol. The highest BCUT2D eigenvalue weighted by molar-refractivity contribution is 6.36. The first-order chi connectivity index (χ1) is 20.7. The average molecular weight is 614 g/mol. The average Bonchev–Trinajstić information content (AvgIpc) is 3.43. The highest BCUT2D eigenvalue weighted by atomic mass is 35.5. The van der Waals surface area contributed by atoms with Gasteiger partial charge in [-0.25, -0.2) is 9.78 Å². The van der Waals surface area contributed by atoms with Gasteiger partial charge in [-0.3, -0.25) is 10.1 Å². The molecule has 0 spiro atoms. The van der Waals surface area contributed by atoms with Gasteiger partial charge in [0.05, 0.1) is 28.3 Å². The van der Waals surface area contributed by atoms with Crippen molar-refractivity contribution in [2.24, 2.45) is 0 Å². The van der Waals surface area contributed by atoms with E-state index in [9.17, 15) is 14.9 Å². The molecular formula is C33H25Cl2N3O5. The van der Waals surface area contributed by atoms with Crippen molar-refractivity contribution in [3.8, 4) is 33.9 Å². The fourth-order valence-electron chi connectivity index (χ4n) is 4.43. The number of hydrogen-bond donors (Lipinski definition) is 0. The minimum Gasteiger partial charge on any atom is -0.465 e. The third kappa shape index (κ3) is 6.77. The normalized spacial score (nSPS) is 11.1. The second-order valence-corrected chi connectivity index (χ2v) is 10.3. The molecule has 0 aliphatic rings. The lowest BCUT2D eigenvalue weighted by molar-refractivity contribution is -0.385. The molecule has 8 nitrogen and oxygen atoms in total. The van der Waals surface area contributed by atoms with Gasteiger partial charge in [0, 0.05) is 29.4 Å². The molecule has 5 rings (SSSR count). The number of carbonyl (C=O) groups excluding carboxylic acids is 1. The van der Waals surface area contributed by atoms with E-state index in [1.165, 1.54) is 19.2 Å². The summed E-state index contributed by atoms with van der Waals surface area (Å²) in [4.78, 5) is 27.5. The molecule has 1 aromatic heterocycles. The molecule has 0 saturated heterocycles. The second kappa shape index (κ2) is 12.9. The van der Waals surface area contributed by atoms with E-state index in [0.29, 0.717) is 15.8 Å². The van der Waals surface area contributed by atoms with Gasteiger partial charge in [0.25, 0.3) is 0 Å². The standard InChI is InChI=1S/C33H25Cl2N3O5/c1-3-37-20-29(27-15-12-25(34)19-28(27)35)36-32(37)17-6-21-4-7-22(8-5-21)23-9-13-26(14-10-23)43-31-16-11-24(33(39)42-2)18-30(31)38(40)41/h4-20H,3H2,1-2H3/b17-6+. The van der Waals surface area contributed by atoms with Crippen LogP contribution >= 0.6 is 23.2 Å². The molecule has 0 saturated carbocycles. The quantitative estimate of drug-likeness (QED) is 0.0933.